The number of carbonyl (C=O) groups excluding carboxylic acids is 1. The van der Waals surface area contributed by atoms with Crippen LogP contribution in [0.25, 0.3) is 0 Å². The number of furan rings is 1. The number of ketones is 1. The van der Waals surface area contributed by atoms with E-state index < -0.39 is 34.4 Å². The zero-order valence-corrected chi connectivity index (χ0v) is 15.4. The quantitative estimate of drug-likeness (QED) is 0.775. The fraction of sp³-hybridized carbons (Fsp3) is 0.750. The van der Waals surface area contributed by atoms with E-state index >= 15 is 0 Å². The van der Waals surface area contributed by atoms with Crippen molar-refractivity contribution in [2.75, 3.05) is 6.61 Å². The SMILES string of the molecule is C[C@H]1C(=O)[C@H](O)[C@@H]2[C@](C)(CO)CCC[C@@]2(C)[C@]1(O)CCc1ccoc1. The van der Waals surface area contributed by atoms with Crippen molar-refractivity contribution in [2.24, 2.45) is 22.7 Å². The largest absolute Gasteiger partial charge is 0.472 e. The average molecular weight is 350 g/mol. The lowest BCUT2D eigenvalue weighted by molar-refractivity contribution is -0.239. The molecule has 0 aromatic carbocycles. The number of Topliss-reactive ketones (excluding diaryl/α,β-unsaturated/α-hetero) is 1. The van der Waals surface area contributed by atoms with Crippen molar-refractivity contribution < 1.29 is 24.5 Å². The molecule has 2 fully saturated rings. The molecule has 25 heavy (non-hydrogen) atoms. The smallest absolute Gasteiger partial charge is 0.167 e. The Morgan fingerprint density at radius 1 is 1.32 bits per heavy atom. The molecule has 6 atom stereocenters. The summed E-state index contributed by atoms with van der Waals surface area (Å²) < 4.78 is 5.11. The van der Waals surface area contributed by atoms with Gasteiger partial charge in [0.15, 0.2) is 5.78 Å². The Balaban J connectivity index is 2.01. The van der Waals surface area contributed by atoms with Crippen molar-refractivity contribution in [2.45, 2.75) is 64.6 Å². The highest BCUT2D eigenvalue weighted by Gasteiger charge is 2.67. The molecule has 140 valence electrons. The molecule has 0 unspecified atom stereocenters. The zero-order chi connectivity index (χ0) is 18.5. The Bertz CT molecular complexity index is 626. The summed E-state index contributed by atoms with van der Waals surface area (Å²) in [5, 5.41) is 32.5. The molecule has 2 saturated carbocycles. The molecule has 1 heterocycles. The molecular weight excluding hydrogens is 320 g/mol. The average Bonchev–Trinajstić information content (AvgIpc) is 3.10. The Hall–Kier alpha value is -1.17. The maximum atomic E-state index is 12.8. The van der Waals surface area contributed by atoms with Crippen LogP contribution < -0.4 is 0 Å². The monoisotopic (exact) mass is 350 g/mol. The Kier molecular flexibility index (Phi) is 4.63. The predicted octanol–water partition coefficient (Wildman–Crippen LogP) is 2.33. The van der Waals surface area contributed by atoms with Crippen LogP contribution in [0.2, 0.25) is 0 Å². The molecule has 0 radical (unpaired) electrons. The fourth-order valence-electron chi connectivity index (χ4n) is 5.75. The van der Waals surface area contributed by atoms with E-state index in [1.54, 1.807) is 19.5 Å². The summed E-state index contributed by atoms with van der Waals surface area (Å²) in [7, 11) is 0. The summed E-state index contributed by atoms with van der Waals surface area (Å²) in [6.45, 7) is 5.56. The zero-order valence-electron chi connectivity index (χ0n) is 15.4. The topological polar surface area (TPSA) is 90.9 Å². The lowest BCUT2D eigenvalue weighted by atomic mass is 9.43. The van der Waals surface area contributed by atoms with E-state index in [9.17, 15) is 20.1 Å². The molecule has 0 spiro atoms. The molecule has 0 amide bonds. The number of rotatable bonds is 4. The van der Waals surface area contributed by atoms with Crippen LogP contribution in [0, 0.1) is 22.7 Å². The summed E-state index contributed by atoms with van der Waals surface area (Å²) in [4.78, 5) is 12.8. The number of hydrogen-bond acceptors (Lipinski definition) is 5. The number of aliphatic hydroxyl groups is 3. The van der Waals surface area contributed by atoms with E-state index in [2.05, 4.69) is 0 Å². The first-order chi connectivity index (χ1) is 11.7. The lowest BCUT2D eigenvalue weighted by Crippen LogP contribution is -2.70. The number of carbonyl (C=O) groups is 1. The molecule has 2 aliphatic rings. The van der Waals surface area contributed by atoms with Gasteiger partial charge in [-0.25, -0.2) is 0 Å². The normalized spacial score (nSPS) is 44.6. The fourth-order valence-corrected chi connectivity index (χ4v) is 5.75. The molecule has 3 N–H and O–H groups in total. The molecule has 0 bridgehead atoms. The van der Waals surface area contributed by atoms with Crippen LogP contribution in [0.4, 0.5) is 0 Å². The minimum absolute atomic E-state index is 0.0935. The summed E-state index contributed by atoms with van der Waals surface area (Å²) in [6, 6.07) is 1.87. The van der Waals surface area contributed by atoms with Crippen LogP contribution >= 0.6 is 0 Å². The Morgan fingerprint density at radius 2 is 2.04 bits per heavy atom. The third-order valence-electron chi connectivity index (χ3n) is 7.36. The van der Waals surface area contributed by atoms with Crippen LogP contribution in [-0.2, 0) is 11.2 Å². The first-order valence-corrected chi connectivity index (χ1v) is 9.26. The second-order valence-corrected chi connectivity index (χ2v) is 8.69. The highest BCUT2D eigenvalue weighted by Crippen LogP contribution is 2.62. The number of aryl methyl sites for hydroxylation is 1. The van der Waals surface area contributed by atoms with Gasteiger partial charge in [-0.15, -0.1) is 0 Å². The van der Waals surface area contributed by atoms with Crippen molar-refractivity contribution in [1.82, 2.24) is 0 Å². The molecule has 1 aromatic rings. The summed E-state index contributed by atoms with van der Waals surface area (Å²) in [6.07, 6.45) is 5.53. The van der Waals surface area contributed by atoms with Crippen molar-refractivity contribution >= 4 is 5.78 Å². The van der Waals surface area contributed by atoms with Crippen molar-refractivity contribution in [3.05, 3.63) is 24.2 Å². The molecule has 0 saturated heterocycles. The standard InChI is InChI=1S/C20H30O5/c1-13-15(22)16(23)17-18(2,12-21)7-4-8-19(17,3)20(13,24)9-5-14-6-10-25-11-14/h6,10-11,13,16-17,21,23-24H,4-5,7-9,12H2,1-3H3/t13-,16-,17+,18-,19+,20-/m0/s1. The van der Waals surface area contributed by atoms with Gasteiger partial charge in [-0.05, 0) is 42.7 Å². The van der Waals surface area contributed by atoms with E-state index in [1.165, 1.54) is 0 Å². The van der Waals surface area contributed by atoms with Crippen molar-refractivity contribution in [3.8, 4) is 0 Å². The van der Waals surface area contributed by atoms with Gasteiger partial charge >= 0.3 is 0 Å². The van der Waals surface area contributed by atoms with Crippen LogP contribution in [0.5, 0.6) is 0 Å². The van der Waals surface area contributed by atoms with Gasteiger partial charge in [0.25, 0.3) is 0 Å². The van der Waals surface area contributed by atoms with Crippen LogP contribution in [0.3, 0.4) is 0 Å². The van der Waals surface area contributed by atoms with E-state index in [4.69, 9.17) is 4.42 Å². The lowest BCUT2D eigenvalue weighted by Gasteiger charge is -2.63. The molecule has 2 aliphatic carbocycles. The molecule has 3 rings (SSSR count). The molecule has 5 heteroatoms. The van der Waals surface area contributed by atoms with Gasteiger partial charge in [0.05, 0.1) is 18.1 Å². The summed E-state index contributed by atoms with van der Waals surface area (Å²) >= 11 is 0. The van der Waals surface area contributed by atoms with E-state index in [1.807, 2.05) is 19.9 Å². The van der Waals surface area contributed by atoms with Gasteiger partial charge in [-0.3, -0.25) is 4.79 Å². The molecule has 0 aliphatic heterocycles. The second kappa shape index (κ2) is 6.22. The van der Waals surface area contributed by atoms with Crippen LogP contribution in [0.15, 0.2) is 23.0 Å². The van der Waals surface area contributed by atoms with Gasteiger partial charge in [-0.2, -0.15) is 0 Å². The first-order valence-electron chi connectivity index (χ1n) is 9.26. The van der Waals surface area contributed by atoms with Crippen LogP contribution in [-0.4, -0.2) is 39.4 Å². The van der Waals surface area contributed by atoms with Gasteiger partial charge in [0.2, 0.25) is 0 Å². The number of aliphatic hydroxyl groups excluding tert-OH is 2. The summed E-state index contributed by atoms with van der Waals surface area (Å²) in [5.41, 5.74) is -1.42. The van der Waals surface area contributed by atoms with Gasteiger partial charge in [0.1, 0.15) is 6.10 Å². The Morgan fingerprint density at radius 3 is 2.64 bits per heavy atom. The predicted molar refractivity (Wildman–Crippen MR) is 92.8 cm³/mol. The Labute approximate surface area is 149 Å². The molecule has 1 aromatic heterocycles. The number of hydrogen-bond donors (Lipinski definition) is 3. The second-order valence-electron chi connectivity index (χ2n) is 8.69. The van der Waals surface area contributed by atoms with Crippen molar-refractivity contribution in [3.63, 3.8) is 0 Å². The van der Waals surface area contributed by atoms with E-state index in [0.29, 0.717) is 12.8 Å². The number of fused-ring (bicyclic) bond motifs is 1. The minimum Gasteiger partial charge on any atom is -0.472 e. The van der Waals surface area contributed by atoms with E-state index in [0.717, 1.165) is 24.8 Å². The first kappa shape index (κ1) is 18.6. The third-order valence-corrected chi connectivity index (χ3v) is 7.36. The van der Waals surface area contributed by atoms with Crippen molar-refractivity contribution in [1.29, 1.82) is 0 Å². The van der Waals surface area contributed by atoms with E-state index in [-0.39, 0.29) is 12.4 Å². The minimum atomic E-state index is -1.22. The maximum absolute atomic E-state index is 12.8. The van der Waals surface area contributed by atoms with Crippen LogP contribution in [0.1, 0.15) is 52.0 Å². The molecule has 5 nitrogen and oxygen atoms in total. The van der Waals surface area contributed by atoms with Gasteiger partial charge in [0, 0.05) is 23.9 Å². The maximum Gasteiger partial charge on any atom is 0.167 e. The highest BCUT2D eigenvalue weighted by atomic mass is 16.3. The highest BCUT2D eigenvalue weighted by molar-refractivity contribution is 5.88. The van der Waals surface area contributed by atoms with Gasteiger partial charge < -0.3 is 19.7 Å². The van der Waals surface area contributed by atoms with Gasteiger partial charge in [-0.1, -0.05) is 27.2 Å². The third kappa shape index (κ3) is 2.59. The summed E-state index contributed by atoms with van der Waals surface area (Å²) in [5.74, 6) is -1.40. The molecular formula is C20H30O5.